The van der Waals surface area contributed by atoms with E-state index in [1.807, 2.05) is 37.8 Å². The van der Waals surface area contributed by atoms with Gasteiger partial charge in [-0.05, 0) is 43.9 Å². The molecule has 2 aromatic rings. The molecule has 0 radical (unpaired) electrons. The highest BCUT2D eigenvalue weighted by Crippen LogP contribution is 2.38. The lowest BCUT2D eigenvalue weighted by Gasteiger charge is -2.47. The number of carbonyl (C=O) groups excluding carboxylic acids is 1. The second kappa shape index (κ2) is 9.23. The first-order chi connectivity index (χ1) is 15.4. The number of piperazine rings is 1. The molecule has 2 heterocycles. The summed E-state index contributed by atoms with van der Waals surface area (Å²) in [5, 5.41) is 4.02. The largest absolute Gasteiger partial charge is 0.444 e. The monoisotopic (exact) mass is 433 g/mol. The van der Waals surface area contributed by atoms with Crippen LogP contribution in [-0.4, -0.2) is 59.3 Å². The molecule has 7 heteroatoms. The topological polar surface area (TPSA) is 81.5 Å². The zero-order valence-corrected chi connectivity index (χ0v) is 19.0. The predicted molar refractivity (Wildman–Crippen MR) is 124 cm³/mol. The van der Waals surface area contributed by atoms with E-state index in [0.29, 0.717) is 19.6 Å². The van der Waals surface area contributed by atoms with Crippen LogP contribution >= 0.6 is 0 Å². The number of ether oxygens (including phenoxy) is 1. The predicted octanol–water partition coefficient (Wildman–Crippen LogP) is 5.19. The third-order valence-corrected chi connectivity index (χ3v) is 6.27. The van der Waals surface area contributed by atoms with Gasteiger partial charge in [-0.2, -0.15) is 0 Å². The van der Waals surface area contributed by atoms with E-state index >= 15 is 0 Å². The standard InChI is InChI=1S/C25H31N5O2/c1-25(2,3)32-24(31)29-16-21-14-20(27-28-26)15-30(21)22(17-29)23(18-10-6-4-7-11-18)19-12-8-5-9-13-19/h4-13,20-23H,14-17H2,1-3H3/t20-,21+,22+/m1/s1. The minimum Gasteiger partial charge on any atom is -0.444 e. The summed E-state index contributed by atoms with van der Waals surface area (Å²) >= 11 is 0. The number of amides is 1. The zero-order chi connectivity index (χ0) is 22.7. The number of hydrogen-bond acceptors (Lipinski definition) is 4. The Kier molecular flexibility index (Phi) is 6.40. The maximum absolute atomic E-state index is 13.1. The number of rotatable bonds is 4. The van der Waals surface area contributed by atoms with Crippen molar-refractivity contribution in [2.75, 3.05) is 19.6 Å². The Morgan fingerprint density at radius 2 is 1.62 bits per heavy atom. The molecular formula is C25H31N5O2. The molecule has 0 aliphatic carbocycles. The molecular weight excluding hydrogens is 402 g/mol. The van der Waals surface area contributed by atoms with Gasteiger partial charge in [0.1, 0.15) is 5.60 Å². The van der Waals surface area contributed by atoms with Crippen molar-refractivity contribution in [2.45, 2.75) is 56.8 Å². The normalized spacial score (nSPS) is 23.5. The van der Waals surface area contributed by atoms with E-state index in [0.717, 1.165) is 6.42 Å². The number of azide groups is 1. The maximum Gasteiger partial charge on any atom is 0.410 e. The summed E-state index contributed by atoms with van der Waals surface area (Å²) in [6.45, 7) is 7.52. The van der Waals surface area contributed by atoms with Crippen molar-refractivity contribution in [3.05, 3.63) is 82.2 Å². The molecule has 0 bridgehead atoms. The van der Waals surface area contributed by atoms with Crippen molar-refractivity contribution < 1.29 is 9.53 Å². The second-order valence-corrected chi connectivity index (χ2v) is 9.70. The zero-order valence-electron chi connectivity index (χ0n) is 19.0. The van der Waals surface area contributed by atoms with Gasteiger partial charge in [-0.25, -0.2) is 4.79 Å². The first-order valence-corrected chi connectivity index (χ1v) is 11.2. The van der Waals surface area contributed by atoms with Crippen LogP contribution in [-0.2, 0) is 4.74 Å². The van der Waals surface area contributed by atoms with Crippen LogP contribution in [0.25, 0.3) is 10.4 Å². The van der Waals surface area contributed by atoms with Gasteiger partial charge in [-0.15, -0.1) is 0 Å². The lowest BCUT2D eigenvalue weighted by molar-refractivity contribution is -0.00662. The van der Waals surface area contributed by atoms with Gasteiger partial charge >= 0.3 is 6.09 Å². The average molecular weight is 434 g/mol. The summed E-state index contributed by atoms with van der Waals surface area (Å²) < 4.78 is 5.73. The molecule has 0 unspecified atom stereocenters. The van der Waals surface area contributed by atoms with Crippen molar-refractivity contribution in [1.29, 1.82) is 0 Å². The van der Waals surface area contributed by atoms with Crippen molar-refractivity contribution >= 4 is 6.09 Å². The summed E-state index contributed by atoms with van der Waals surface area (Å²) in [5.74, 6) is 0.0787. The summed E-state index contributed by atoms with van der Waals surface area (Å²) in [4.78, 5) is 20.4. The van der Waals surface area contributed by atoms with Gasteiger partial charge in [-0.3, -0.25) is 4.90 Å². The van der Waals surface area contributed by atoms with Crippen LogP contribution in [0.5, 0.6) is 0 Å². The molecule has 168 valence electrons. The molecule has 4 rings (SSSR count). The number of nitrogens with zero attached hydrogens (tertiary/aromatic N) is 5. The van der Waals surface area contributed by atoms with E-state index in [9.17, 15) is 4.79 Å². The van der Waals surface area contributed by atoms with Crippen LogP contribution < -0.4 is 0 Å². The fraction of sp³-hybridized carbons (Fsp3) is 0.480. The van der Waals surface area contributed by atoms with Crippen LogP contribution in [0.1, 0.15) is 44.2 Å². The Bertz CT molecular complexity index is 929. The number of benzene rings is 2. The van der Waals surface area contributed by atoms with Crippen molar-refractivity contribution in [2.24, 2.45) is 5.11 Å². The third-order valence-electron chi connectivity index (χ3n) is 6.27. The minimum atomic E-state index is -0.550. The van der Waals surface area contributed by atoms with Gasteiger partial charge in [0, 0.05) is 42.5 Å². The summed E-state index contributed by atoms with van der Waals surface area (Å²) in [7, 11) is 0. The molecule has 0 spiro atoms. The van der Waals surface area contributed by atoms with Gasteiger partial charge in [0.2, 0.25) is 0 Å². The quantitative estimate of drug-likeness (QED) is 0.378. The van der Waals surface area contributed by atoms with Crippen LogP contribution in [0, 0.1) is 0 Å². The van der Waals surface area contributed by atoms with Crippen LogP contribution in [0.4, 0.5) is 4.79 Å². The maximum atomic E-state index is 13.1. The summed E-state index contributed by atoms with van der Waals surface area (Å²) in [6.07, 6.45) is 0.463. The smallest absolute Gasteiger partial charge is 0.410 e. The first-order valence-electron chi connectivity index (χ1n) is 11.2. The van der Waals surface area contributed by atoms with Crippen LogP contribution in [0.3, 0.4) is 0 Å². The fourth-order valence-electron chi connectivity index (χ4n) is 5.05. The highest BCUT2D eigenvalue weighted by molar-refractivity contribution is 5.68. The fourth-order valence-corrected chi connectivity index (χ4v) is 5.05. The molecule has 7 nitrogen and oxygen atoms in total. The van der Waals surface area contributed by atoms with Gasteiger partial charge in [0.05, 0.1) is 6.04 Å². The molecule has 32 heavy (non-hydrogen) atoms. The van der Waals surface area contributed by atoms with E-state index in [-0.39, 0.29) is 30.1 Å². The number of fused-ring (bicyclic) bond motifs is 1. The second-order valence-electron chi connectivity index (χ2n) is 9.70. The van der Waals surface area contributed by atoms with E-state index in [4.69, 9.17) is 10.3 Å². The van der Waals surface area contributed by atoms with E-state index in [2.05, 4.69) is 63.5 Å². The third kappa shape index (κ3) is 4.90. The Hall–Kier alpha value is -3.02. The van der Waals surface area contributed by atoms with Crippen molar-refractivity contribution in [3.8, 4) is 0 Å². The van der Waals surface area contributed by atoms with Crippen LogP contribution in [0.2, 0.25) is 0 Å². The molecule has 1 amide bonds. The van der Waals surface area contributed by atoms with Crippen molar-refractivity contribution in [3.63, 3.8) is 0 Å². The van der Waals surface area contributed by atoms with Crippen LogP contribution in [0.15, 0.2) is 65.8 Å². The van der Waals surface area contributed by atoms with E-state index in [1.165, 1.54) is 11.1 Å². The molecule has 2 fully saturated rings. The number of hydrogen-bond donors (Lipinski definition) is 0. The van der Waals surface area contributed by atoms with E-state index in [1.54, 1.807) is 0 Å². The molecule has 2 aromatic carbocycles. The molecule has 2 saturated heterocycles. The Balaban J connectivity index is 1.73. The molecule has 2 aliphatic heterocycles. The van der Waals surface area contributed by atoms with Gasteiger partial charge in [-0.1, -0.05) is 65.8 Å². The highest BCUT2D eigenvalue weighted by atomic mass is 16.6. The molecule has 0 saturated carbocycles. The first kappa shape index (κ1) is 22.2. The van der Waals surface area contributed by atoms with Gasteiger partial charge in [0.25, 0.3) is 0 Å². The molecule has 2 aliphatic rings. The molecule has 3 atom stereocenters. The SMILES string of the molecule is CC(C)(C)OC(=O)N1C[C@@H]2C[C@@H](N=[N+]=[N-])CN2[C@H](C(c2ccccc2)c2ccccc2)C1. The summed E-state index contributed by atoms with van der Waals surface area (Å²) in [5.41, 5.74) is 10.9. The lowest BCUT2D eigenvalue weighted by Crippen LogP contribution is -2.60. The van der Waals surface area contributed by atoms with Crippen molar-refractivity contribution in [1.82, 2.24) is 9.80 Å². The molecule has 0 aromatic heterocycles. The van der Waals surface area contributed by atoms with Gasteiger partial charge < -0.3 is 9.64 Å². The van der Waals surface area contributed by atoms with E-state index < -0.39 is 5.60 Å². The Labute approximate surface area is 189 Å². The Morgan fingerprint density at radius 1 is 1.03 bits per heavy atom. The molecule has 0 N–H and O–H groups in total. The number of carbonyl (C=O) groups is 1. The minimum absolute atomic E-state index is 0.0463. The van der Waals surface area contributed by atoms with Gasteiger partial charge in [0.15, 0.2) is 0 Å². The average Bonchev–Trinajstić information content (AvgIpc) is 3.17. The summed E-state index contributed by atoms with van der Waals surface area (Å²) in [6, 6.07) is 21.0. The highest BCUT2D eigenvalue weighted by Gasteiger charge is 2.46. The lowest BCUT2D eigenvalue weighted by atomic mass is 9.82. The Morgan fingerprint density at radius 3 is 2.16 bits per heavy atom.